The van der Waals surface area contributed by atoms with Crippen LogP contribution in [0.15, 0.2) is 58.9 Å². The number of amides is 1. The summed E-state index contributed by atoms with van der Waals surface area (Å²) >= 11 is 8.27. The lowest BCUT2D eigenvalue weighted by Crippen LogP contribution is -2.27. The molecule has 1 aromatic heterocycles. The van der Waals surface area contributed by atoms with Crippen molar-refractivity contribution in [2.75, 3.05) is 12.3 Å². The molecule has 0 saturated carbocycles. The Morgan fingerprint density at radius 1 is 1.19 bits per heavy atom. The van der Waals surface area contributed by atoms with Gasteiger partial charge in [-0.3, -0.25) is 4.79 Å². The number of thioether (sulfide) groups is 1. The average molecular weight is 402 g/mol. The van der Waals surface area contributed by atoms with Gasteiger partial charge in [-0.05, 0) is 42.8 Å². The third kappa shape index (κ3) is 5.03. The maximum absolute atomic E-state index is 12.0. The molecule has 0 spiro atoms. The quantitative estimate of drug-likeness (QED) is 0.470. The van der Waals surface area contributed by atoms with Gasteiger partial charge < -0.3 is 5.32 Å². The van der Waals surface area contributed by atoms with Crippen molar-refractivity contribution in [3.63, 3.8) is 0 Å². The van der Waals surface area contributed by atoms with Crippen molar-refractivity contribution < 1.29 is 4.79 Å². The van der Waals surface area contributed by atoms with E-state index < -0.39 is 0 Å². The highest BCUT2D eigenvalue weighted by atomic mass is 32.2. The van der Waals surface area contributed by atoms with E-state index in [2.05, 4.69) is 22.5 Å². The average Bonchev–Trinajstić information content (AvgIpc) is 3.02. The molecular weight excluding hydrogens is 382 g/mol. The van der Waals surface area contributed by atoms with Crippen LogP contribution in [0.5, 0.6) is 0 Å². The molecule has 7 heteroatoms. The zero-order valence-electron chi connectivity index (χ0n) is 14.3. The summed E-state index contributed by atoms with van der Waals surface area (Å²) in [4.78, 5) is 12.0. The van der Waals surface area contributed by atoms with Gasteiger partial charge >= 0.3 is 0 Å². The van der Waals surface area contributed by atoms with E-state index in [1.165, 1.54) is 28.7 Å². The second kappa shape index (κ2) is 9.12. The molecule has 3 rings (SSSR count). The molecule has 0 bridgehead atoms. The number of rotatable bonds is 7. The zero-order chi connectivity index (χ0) is 18.4. The molecule has 1 amide bonds. The number of hydrogen-bond donors (Lipinski definition) is 1. The monoisotopic (exact) mass is 401 g/mol. The highest BCUT2D eigenvalue weighted by Gasteiger charge is 2.10. The van der Waals surface area contributed by atoms with Crippen molar-refractivity contribution in [2.45, 2.75) is 17.7 Å². The Morgan fingerprint density at radius 3 is 2.69 bits per heavy atom. The molecule has 26 heavy (non-hydrogen) atoms. The van der Waals surface area contributed by atoms with Crippen molar-refractivity contribution in [1.82, 2.24) is 15.1 Å². The Bertz CT molecular complexity index is 934. The summed E-state index contributed by atoms with van der Waals surface area (Å²) in [7, 11) is 0. The molecule has 0 saturated heterocycles. The number of nitrogens with one attached hydrogen (secondary N) is 1. The molecule has 2 aromatic carbocycles. The first-order valence-corrected chi connectivity index (χ1v) is 10.4. The molecule has 0 fully saturated rings. The number of aromatic nitrogens is 2. The van der Waals surface area contributed by atoms with Gasteiger partial charge in [0.1, 0.15) is 0 Å². The summed E-state index contributed by atoms with van der Waals surface area (Å²) in [6.07, 6.45) is 0.831. The standard InChI is InChI=1S/C19H19N3OS3/c1-14-7-5-6-10-16(14)22-19(24)26-18(21-22)25-13-17(23)20-12-11-15-8-3-2-4-9-15/h2-10H,11-13H2,1H3,(H,20,23). The van der Waals surface area contributed by atoms with Crippen LogP contribution in [-0.2, 0) is 11.2 Å². The topological polar surface area (TPSA) is 46.9 Å². The van der Waals surface area contributed by atoms with E-state index in [1.54, 1.807) is 4.68 Å². The molecule has 0 aliphatic heterocycles. The Labute approximate surface area is 166 Å². The highest BCUT2D eigenvalue weighted by molar-refractivity contribution is 8.01. The fourth-order valence-corrected chi connectivity index (χ4v) is 4.62. The second-order valence-corrected chi connectivity index (χ2v) is 8.55. The lowest BCUT2D eigenvalue weighted by Gasteiger charge is -2.05. The minimum Gasteiger partial charge on any atom is -0.355 e. The fourth-order valence-electron chi connectivity index (χ4n) is 2.44. The zero-order valence-corrected chi connectivity index (χ0v) is 16.8. The van der Waals surface area contributed by atoms with E-state index >= 15 is 0 Å². The lowest BCUT2D eigenvalue weighted by molar-refractivity contribution is -0.118. The van der Waals surface area contributed by atoms with Gasteiger partial charge in [-0.2, -0.15) is 0 Å². The molecule has 1 heterocycles. The minimum absolute atomic E-state index is 0.00879. The first-order chi connectivity index (χ1) is 12.6. The van der Waals surface area contributed by atoms with E-state index in [1.807, 2.05) is 49.4 Å². The number of aryl methyl sites for hydroxylation is 1. The van der Waals surface area contributed by atoms with Crippen molar-refractivity contribution in [1.29, 1.82) is 0 Å². The maximum atomic E-state index is 12.0. The molecular formula is C19H19N3OS3. The van der Waals surface area contributed by atoms with Crippen LogP contribution in [0.25, 0.3) is 5.69 Å². The SMILES string of the molecule is Cc1ccccc1-n1nc(SCC(=O)NCCc2ccccc2)sc1=S. The largest absolute Gasteiger partial charge is 0.355 e. The summed E-state index contributed by atoms with van der Waals surface area (Å²) in [5, 5.41) is 7.50. The van der Waals surface area contributed by atoms with Gasteiger partial charge in [0.2, 0.25) is 5.91 Å². The summed E-state index contributed by atoms with van der Waals surface area (Å²) in [5.41, 5.74) is 3.31. The summed E-state index contributed by atoms with van der Waals surface area (Å²) < 4.78 is 3.26. The van der Waals surface area contributed by atoms with Gasteiger partial charge in [0, 0.05) is 6.54 Å². The summed E-state index contributed by atoms with van der Waals surface area (Å²) in [6, 6.07) is 18.1. The van der Waals surface area contributed by atoms with E-state index in [0.29, 0.717) is 16.3 Å². The molecule has 0 radical (unpaired) electrons. The van der Waals surface area contributed by atoms with Crippen LogP contribution in [0, 0.1) is 10.9 Å². The van der Waals surface area contributed by atoms with Crippen LogP contribution in [0.3, 0.4) is 0 Å². The Balaban J connectivity index is 1.52. The predicted octanol–water partition coefficient (Wildman–Crippen LogP) is 4.42. The van der Waals surface area contributed by atoms with Crippen LogP contribution < -0.4 is 5.32 Å². The Hall–Kier alpha value is -1.96. The Morgan fingerprint density at radius 2 is 1.92 bits per heavy atom. The van der Waals surface area contributed by atoms with Crippen LogP contribution in [0.1, 0.15) is 11.1 Å². The van der Waals surface area contributed by atoms with Crippen molar-refractivity contribution in [3.05, 3.63) is 69.7 Å². The fraction of sp³-hybridized carbons (Fsp3) is 0.211. The summed E-state index contributed by atoms with van der Waals surface area (Å²) in [5.74, 6) is 0.347. The van der Waals surface area contributed by atoms with E-state index in [-0.39, 0.29) is 5.91 Å². The van der Waals surface area contributed by atoms with Crippen molar-refractivity contribution in [2.24, 2.45) is 0 Å². The number of carbonyl (C=O) groups excluding carboxylic acids is 1. The van der Waals surface area contributed by atoms with Gasteiger partial charge in [0.05, 0.1) is 11.4 Å². The van der Waals surface area contributed by atoms with Gasteiger partial charge in [0.15, 0.2) is 8.29 Å². The number of para-hydroxylation sites is 1. The highest BCUT2D eigenvalue weighted by Crippen LogP contribution is 2.24. The molecule has 0 aliphatic rings. The third-order valence-electron chi connectivity index (χ3n) is 3.78. The van der Waals surface area contributed by atoms with Gasteiger partial charge in [-0.15, -0.1) is 5.10 Å². The molecule has 3 aromatic rings. The van der Waals surface area contributed by atoms with E-state index in [9.17, 15) is 4.79 Å². The van der Waals surface area contributed by atoms with Gasteiger partial charge in [-0.25, -0.2) is 4.68 Å². The molecule has 0 atom stereocenters. The van der Waals surface area contributed by atoms with Gasteiger partial charge in [0.25, 0.3) is 0 Å². The summed E-state index contributed by atoms with van der Waals surface area (Å²) in [6.45, 7) is 2.67. The number of carbonyl (C=O) groups is 1. The third-order valence-corrected chi connectivity index (χ3v) is 6.14. The van der Waals surface area contributed by atoms with Crippen molar-refractivity contribution >= 4 is 41.2 Å². The predicted molar refractivity (Wildman–Crippen MR) is 111 cm³/mol. The van der Waals surface area contributed by atoms with E-state index in [0.717, 1.165) is 22.0 Å². The van der Waals surface area contributed by atoms with Crippen molar-refractivity contribution in [3.8, 4) is 5.69 Å². The normalized spacial score (nSPS) is 10.7. The molecule has 4 nitrogen and oxygen atoms in total. The number of nitrogens with zero attached hydrogens (tertiary/aromatic N) is 2. The second-order valence-electron chi connectivity index (χ2n) is 5.71. The maximum Gasteiger partial charge on any atom is 0.230 e. The van der Waals surface area contributed by atoms with Crippen LogP contribution in [-0.4, -0.2) is 28.0 Å². The molecule has 0 aliphatic carbocycles. The van der Waals surface area contributed by atoms with Crippen LogP contribution in [0.4, 0.5) is 0 Å². The molecule has 1 N–H and O–H groups in total. The minimum atomic E-state index is 0.00879. The first kappa shape index (κ1) is 18.8. The van der Waals surface area contributed by atoms with Crippen LogP contribution >= 0.6 is 35.3 Å². The van der Waals surface area contributed by atoms with Gasteiger partial charge in [-0.1, -0.05) is 71.6 Å². The number of hydrogen-bond acceptors (Lipinski definition) is 5. The lowest BCUT2D eigenvalue weighted by atomic mass is 10.1. The number of benzene rings is 2. The first-order valence-electron chi connectivity index (χ1n) is 8.23. The smallest absolute Gasteiger partial charge is 0.230 e. The van der Waals surface area contributed by atoms with Crippen LogP contribution in [0.2, 0.25) is 0 Å². The molecule has 0 unspecified atom stereocenters. The molecule has 134 valence electrons. The Kier molecular flexibility index (Phi) is 6.60. The van der Waals surface area contributed by atoms with E-state index in [4.69, 9.17) is 12.2 Å².